The number of carbonyl (C=O) groups excluding carboxylic acids is 1. The van der Waals surface area contributed by atoms with Gasteiger partial charge >= 0.3 is 5.97 Å². The smallest absolute Gasteiger partial charge is 0.326 e. The highest BCUT2D eigenvalue weighted by molar-refractivity contribution is 5.85. The molecule has 1 atom stereocenters. The number of carboxylic acids is 1. The topological polar surface area (TPSA) is 66.4 Å². The normalized spacial score (nSPS) is 11.9. The molecule has 0 aliphatic carbocycles. The van der Waals surface area contributed by atoms with Crippen LogP contribution in [-0.4, -0.2) is 23.0 Å². The minimum absolute atomic E-state index is 0.181. The molecule has 2 rings (SSSR count). The fraction of sp³-hybridized carbons (Fsp3) is 0.417. The highest BCUT2D eigenvalue weighted by Gasteiger charge is 2.20. The molecule has 0 radical (unpaired) electrons. The molecule has 1 amide bonds. The molecule has 0 saturated heterocycles. The maximum atomic E-state index is 12.1. The summed E-state index contributed by atoms with van der Waals surface area (Å²) in [5.74, 6) is -1.18. The lowest BCUT2D eigenvalue weighted by Gasteiger charge is -2.15. The van der Waals surface area contributed by atoms with Crippen LogP contribution in [0.4, 0.5) is 0 Å². The minimum atomic E-state index is -0.997. The Morgan fingerprint density at radius 3 is 2.36 bits per heavy atom. The van der Waals surface area contributed by atoms with Gasteiger partial charge in [-0.05, 0) is 35.6 Å². The molecule has 28 heavy (non-hydrogen) atoms. The van der Waals surface area contributed by atoms with Crippen LogP contribution < -0.4 is 5.32 Å². The maximum absolute atomic E-state index is 12.1. The largest absolute Gasteiger partial charge is 0.480 e. The van der Waals surface area contributed by atoms with Crippen LogP contribution in [0.15, 0.2) is 55.1 Å². The molecule has 0 saturated carbocycles. The van der Waals surface area contributed by atoms with Gasteiger partial charge in [-0.15, -0.1) is 6.58 Å². The van der Waals surface area contributed by atoms with E-state index in [9.17, 15) is 14.7 Å². The van der Waals surface area contributed by atoms with Gasteiger partial charge in [-0.1, -0.05) is 74.2 Å². The molecule has 150 valence electrons. The third-order valence-corrected chi connectivity index (χ3v) is 4.95. The van der Waals surface area contributed by atoms with Crippen molar-refractivity contribution in [2.24, 2.45) is 0 Å². The minimum Gasteiger partial charge on any atom is -0.480 e. The van der Waals surface area contributed by atoms with Crippen LogP contribution in [-0.2, 0) is 16.0 Å². The average molecular weight is 382 g/mol. The molecule has 1 unspecified atom stereocenters. The number of fused-ring (bicyclic) bond motifs is 1. The Labute approximate surface area is 167 Å². The summed E-state index contributed by atoms with van der Waals surface area (Å²) in [4.78, 5) is 23.7. The van der Waals surface area contributed by atoms with Crippen molar-refractivity contribution in [2.75, 3.05) is 0 Å². The SMILES string of the molecule is C=CCCCCCCCCC(=O)NC(Cc1ccc2ccccc2c1)C(=O)O. The lowest BCUT2D eigenvalue weighted by molar-refractivity contribution is -0.141. The zero-order valence-corrected chi connectivity index (χ0v) is 16.5. The number of allylic oxidation sites excluding steroid dienone is 1. The van der Waals surface area contributed by atoms with Gasteiger partial charge in [0.05, 0.1) is 0 Å². The molecule has 0 spiro atoms. The average Bonchev–Trinajstić information content (AvgIpc) is 2.69. The van der Waals surface area contributed by atoms with Crippen LogP contribution in [0.5, 0.6) is 0 Å². The Morgan fingerprint density at radius 1 is 0.964 bits per heavy atom. The van der Waals surface area contributed by atoms with Crippen molar-refractivity contribution in [3.63, 3.8) is 0 Å². The van der Waals surface area contributed by atoms with Crippen molar-refractivity contribution in [3.8, 4) is 0 Å². The lowest BCUT2D eigenvalue weighted by Crippen LogP contribution is -2.42. The molecule has 0 heterocycles. The van der Waals surface area contributed by atoms with Crippen molar-refractivity contribution in [1.29, 1.82) is 0 Å². The first-order chi connectivity index (χ1) is 13.6. The molecule has 2 aromatic carbocycles. The predicted octanol–water partition coefficient (Wildman–Crippen LogP) is 5.26. The summed E-state index contributed by atoms with van der Waals surface area (Å²) in [7, 11) is 0. The van der Waals surface area contributed by atoms with E-state index in [-0.39, 0.29) is 12.3 Å². The molecule has 0 bridgehead atoms. The Kier molecular flexibility index (Phi) is 9.26. The maximum Gasteiger partial charge on any atom is 0.326 e. The zero-order chi connectivity index (χ0) is 20.2. The number of hydrogen-bond donors (Lipinski definition) is 2. The number of hydrogen-bond acceptors (Lipinski definition) is 2. The lowest BCUT2D eigenvalue weighted by atomic mass is 10.0. The van der Waals surface area contributed by atoms with Crippen molar-refractivity contribution in [1.82, 2.24) is 5.32 Å². The summed E-state index contributed by atoms with van der Waals surface area (Å²) < 4.78 is 0. The summed E-state index contributed by atoms with van der Waals surface area (Å²) in [6.45, 7) is 3.72. The first-order valence-corrected chi connectivity index (χ1v) is 10.2. The second kappa shape index (κ2) is 12.0. The molecule has 0 aliphatic rings. The summed E-state index contributed by atoms with van der Waals surface area (Å²) >= 11 is 0. The Morgan fingerprint density at radius 2 is 1.64 bits per heavy atom. The van der Waals surface area contributed by atoms with Gasteiger partial charge in [0.25, 0.3) is 0 Å². The predicted molar refractivity (Wildman–Crippen MR) is 114 cm³/mol. The van der Waals surface area contributed by atoms with Gasteiger partial charge in [-0.2, -0.15) is 0 Å². The third kappa shape index (κ3) is 7.55. The summed E-state index contributed by atoms with van der Waals surface area (Å²) in [6, 6.07) is 13.0. The van der Waals surface area contributed by atoms with Crippen molar-refractivity contribution >= 4 is 22.6 Å². The fourth-order valence-corrected chi connectivity index (χ4v) is 3.35. The summed E-state index contributed by atoms with van der Waals surface area (Å²) in [5, 5.41) is 14.4. The highest BCUT2D eigenvalue weighted by atomic mass is 16.4. The number of unbranched alkanes of at least 4 members (excludes halogenated alkanes) is 6. The van der Waals surface area contributed by atoms with Crippen LogP contribution in [0, 0.1) is 0 Å². The number of rotatable bonds is 13. The summed E-state index contributed by atoms with van der Waals surface area (Å²) in [6.07, 6.45) is 10.2. The Balaban J connectivity index is 1.76. The molecule has 0 fully saturated rings. The second-order valence-electron chi connectivity index (χ2n) is 7.29. The Bertz CT molecular complexity index is 784. The molecule has 0 aromatic heterocycles. The van der Waals surface area contributed by atoms with Crippen LogP contribution in [0.25, 0.3) is 10.8 Å². The van der Waals surface area contributed by atoms with Gasteiger partial charge in [0.1, 0.15) is 6.04 Å². The van der Waals surface area contributed by atoms with Crippen molar-refractivity contribution in [3.05, 3.63) is 60.7 Å². The zero-order valence-electron chi connectivity index (χ0n) is 16.5. The third-order valence-electron chi connectivity index (χ3n) is 4.95. The van der Waals surface area contributed by atoms with E-state index in [1.807, 2.05) is 48.5 Å². The van der Waals surface area contributed by atoms with Crippen LogP contribution in [0.3, 0.4) is 0 Å². The molecular weight excluding hydrogens is 350 g/mol. The molecule has 0 aliphatic heterocycles. The number of nitrogens with one attached hydrogen (secondary N) is 1. The number of benzene rings is 2. The van der Waals surface area contributed by atoms with Gasteiger partial charge in [0.2, 0.25) is 5.91 Å². The van der Waals surface area contributed by atoms with E-state index in [4.69, 9.17) is 0 Å². The molecule has 2 N–H and O–H groups in total. The van der Waals surface area contributed by atoms with E-state index >= 15 is 0 Å². The van der Waals surface area contributed by atoms with E-state index in [2.05, 4.69) is 11.9 Å². The van der Waals surface area contributed by atoms with Crippen LogP contribution in [0.2, 0.25) is 0 Å². The molecule has 4 nitrogen and oxygen atoms in total. The quantitative estimate of drug-likeness (QED) is 0.367. The van der Waals surface area contributed by atoms with Crippen molar-refractivity contribution in [2.45, 2.75) is 63.8 Å². The van der Waals surface area contributed by atoms with Gasteiger partial charge in [0, 0.05) is 12.8 Å². The number of carboxylic acid groups (broad SMARTS) is 1. The van der Waals surface area contributed by atoms with Crippen molar-refractivity contribution < 1.29 is 14.7 Å². The van der Waals surface area contributed by atoms with Gasteiger partial charge in [0.15, 0.2) is 0 Å². The van der Waals surface area contributed by atoms with E-state index in [1.54, 1.807) is 0 Å². The highest BCUT2D eigenvalue weighted by Crippen LogP contribution is 2.17. The monoisotopic (exact) mass is 381 g/mol. The second-order valence-corrected chi connectivity index (χ2v) is 7.29. The standard InChI is InChI=1S/C24H31NO3/c1-2-3-4-5-6-7-8-9-14-23(26)25-22(24(27)28)18-19-15-16-20-12-10-11-13-21(20)17-19/h2,10-13,15-17,22H,1,3-9,14,18H2,(H,25,26)(H,27,28). The van der Waals surface area contributed by atoms with Gasteiger partial charge in [-0.25, -0.2) is 4.79 Å². The molecule has 2 aromatic rings. The first kappa shape index (κ1) is 21.7. The Hall–Kier alpha value is -2.62. The fourth-order valence-electron chi connectivity index (χ4n) is 3.35. The van der Waals surface area contributed by atoms with E-state index in [1.165, 1.54) is 19.3 Å². The number of carbonyl (C=O) groups is 2. The number of amides is 1. The molecular formula is C24H31NO3. The first-order valence-electron chi connectivity index (χ1n) is 10.2. The van der Waals surface area contributed by atoms with E-state index in [0.29, 0.717) is 6.42 Å². The number of aliphatic carboxylic acids is 1. The van der Waals surface area contributed by atoms with Gasteiger partial charge < -0.3 is 10.4 Å². The van der Waals surface area contributed by atoms with Crippen LogP contribution in [0.1, 0.15) is 56.9 Å². The molecule has 4 heteroatoms. The van der Waals surface area contributed by atoms with Crippen LogP contribution >= 0.6 is 0 Å². The van der Waals surface area contributed by atoms with E-state index < -0.39 is 12.0 Å². The van der Waals surface area contributed by atoms with E-state index in [0.717, 1.165) is 42.0 Å². The summed E-state index contributed by atoms with van der Waals surface area (Å²) in [5.41, 5.74) is 0.908. The van der Waals surface area contributed by atoms with Gasteiger partial charge in [-0.3, -0.25) is 4.79 Å².